The zero-order valence-electron chi connectivity index (χ0n) is 8.06. The monoisotopic (exact) mass is 279 g/mol. The second-order valence-electron chi connectivity index (χ2n) is 3.09. The average Bonchev–Trinajstić information content (AvgIpc) is 2.28. The molecular weight excluding hydrogens is 270 g/mol. The molecule has 1 nitrogen and oxygen atoms in total. The summed E-state index contributed by atoms with van der Waals surface area (Å²) >= 11 is 5.20. The van der Waals surface area contributed by atoms with E-state index in [-0.39, 0.29) is 0 Å². The van der Waals surface area contributed by atoms with E-state index in [0.29, 0.717) is 0 Å². The van der Waals surface area contributed by atoms with Gasteiger partial charge in [0, 0.05) is 16.8 Å². The fraction of sp³-hybridized carbons (Fsp3) is 0.0833. The minimum atomic E-state index is 0.897. The number of pyridine rings is 1. The van der Waals surface area contributed by atoms with Gasteiger partial charge in [0.05, 0.1) is 0 Å². The molecule has 15 heavy (non-hydrogen) atoms. The molecule has 0 spiro atoms. The first kappa shape index (κ1) is 10.7. The molecule has 0 unspecified atom stereocenters. The van der Waals surface area contributed by atoms with E-state index in [9.17, 15) is 0 Å². The topological polar surface area (TPSA) is 12.9 Å². The number of nitrogens with zero attached hydrogens (tertiary/aromatic N) is 1. The lowest BCUT2D eigenvalue weighted by atomic mass is 10.3. The largest absolute Gasteiger partial charge is 0.249 e. The van der Waals surface area contributed by atoms with Crippen LogP contribution in [0.4, 0.5) is 0 Å². The lowest BCUT2D eigenvalue weighted by Gasteiger charge is -2.01. The Morgan fingerprint density at radius 3 is 2.67 bits per heavy atom. The van der Waals surface area contributed by atoms with Crippen LogP contribution < -0.4 is 0 Å². The Hall–Kier alpha value is -0.800. The number of hydrogen-bond acceptors (Lipinski definition) is 2. The molecule has 0 radical (unpaired) electrons. The minimum Gasteiger partial charge on any atom is -0.249 e. The van der Waals surface area contributed by atoms with E-state index in [2.05, 4.69) is 51.2 Å². The third-order valence-corrected chi connectivity index (χ3v) is 3.46. The summed E-state index contributed by atoms with van der Waals surface area (Å²) in [5.41, 5.74) is 1.28. The number of rotatable bonds is 3. The molecule has 0 aliphatic carbocycles. The Bertz CT molecular complexity index is 431. The maximum absolute atomic E-state index is 4.10. The van der Waals surface area contributed by atoms with Crippen molar-refractivity contribution in [3.8, 4) is 0 Å². The summed E-state index contributed by atoms with van der Waals surface area (Å²) in [7, 11) is 0. The van der Waals surface area contributed by atoms with Gasteiger partial charge in [-0.2, -0.15) is 0 Å². The molecule has 0 fully saturated rings. The van der Waals surface area contributed by atoms with Gasteiger partial charge in [-0.3, -0.25) is 0 Å². The van der Waals surface area contributed by atoms with E-state index in [1.165, 1.54) is 10.5 Å². The van der Waals surface area contributed by atoms with Crippen molar-refractivity contribution in [2.45, 2.75) is 10.6 Å². The Labute approximate surface area is 102 Å². The fourth-order valence-electron chi connectivity index (χ4n) is 1.22. The van der Waals surface area contributed by atoms with Crippen molar-refractivity contribution in [2.75, 3.05) is 0 Å². The van der Waals surface area contributed by atoms with Crippen molar-refractivity contribution < 1.29 is 0 Å². The molecule has 76 valence electrons. The van der Waals surface area contributed by atoms with Crippen molar-refractivity contribution in [2.24, 2.45) is 0 Å². The van der Waals surface area contributed by atoms with Gasteiger partial charge in [0.15, 0.2) is 0 Å². The van der Waals surface area contributed by atoms with Crippen LogP contribution in [0.2, 0.25) is 0 Å². The molecule has 0 bridgehead atoms. The highest BCUT2D eigenvalue weighted by molar-refractivity contribution is 9.10. The summed E-state index contributed by atoms with van der Waals surface area (Å²) in [4.78, 5) is 5.40. The van der Waals surface area contributed by atoms with Crippen LogP contribution in [0.5, 0.6) is 0 Å². The molecular formula is C12H10BrNS. The van der Waals surface area contributed by atoms with E-state index in [1.807, 2.05) is 30.1 Å². The molecule has 0 atom stereocenters. The van der Waals surface area contributed by atoms with Gasteiger partial charge in [0.2, 0.25) is 0 Å². The van der Waals surface area contributed by atoms with E-state index >= 15 is 0 Å². The zero-order chi connectivity index (χ0) is 10.5. The highest BCUT2D eigenvalue weighted by Crippen LogP contribution is 2.22. The third kappa shape index (κ3) is 3.36. The average molecular weight is 280 g/mol. The molecule has 0 aliphatic heterocycles. The van der Waals surface area contributed by atoms with Crippen LogP contribution in [0, 0.1) is 0 Å². The van der Waals surface area contributed by atoms with Crippen LogP contribution in [0.25, 0.3) is 0 Å². The Morgan fingerprint density at radius 1 is 1.13 bits per heavy atom. The summed E-state index contributed by atoms with van der Waals surface area (Å²) in [6.45, 7) is 0. The number of aromatic nitrogens is 1. The van der Waals surface area contributed by atoms with Crippen LogP contribution in [0.15, 0.2) is 58.2 Å². The second kappa shape index (κ2) is 5.33. The van der Waals surface area contributed by atoms with E-state index < -0.39 is 0 Å². The highest BCUT2D eigenvalue weighted by atomic mass is 79.9. The highest BCUT2D eigenvalue weighted by Gasteiger charge is 1.96. The van der Waals surface area contributed by atoms with Gasteiger partial charge < -0.3 is 0 Å². The molecule has 1 heterocycles. The molecule has 0 aliphatic rings. The lowest BCUT2D eigenvalue weighted by molar-refractivity contribution is 1.23. The van der Waals surface area contributed by atoms with Crippen molar-refractivity contribution in [1.82, 2.24) is 4.98 Å². The zero-order valence-corrected chi connectivity index (χ0v) is 10.5. The van der Waals surface area contributed by atoms with Crippen LogP contribution in [-0.2, 0) is 5.75 Å². The van der Waals surface area contributed by atoms with Crippen LogP contribution in [0.1, 0.15) is 5.56 Å². The van der Waals surface area contributed by atoms with Crippen molar-refractivity contribution in [3.05, 3.63) is 58.8 Å². The molecule has 0 saturated heterocycles. The second-order valence-corrected chi connectivity index (χ2v) is 4.95. The van der Waals surface area contributed by atoms with Crippen LogP contribution in [0.3, 0.4) is 0 Å². The maximum atomic E-state index is 4.10. The molecule has 3 heteroatoms. The molecule has 0 amide bonds. The third-order valence-electron chi connectivity index (χ3n) is 1.94. The van der Waals surface area contributed by atoms with Crippen molar-refractivity contribution in [1.29, 1.82) is 0 Å². The fourth-order valence-corrected chi connectivity index (χ4v) is 2.49. The van der Waals surface area contributed by atoms with Gasteiger partial charge in [0.1, 0.15) is 4.60 Å². The van der Waals surface area contributed by atoms with Crippen molar-refractivity contribution in [3.63, 3.8) is 0 Å². The van der Waals surface area contributed by atoms with Gasteiger partial charge in [0.25, 0.3) is 0 Å². The van der Waals surface area contributed by atoms with Crippen LogP contribution in [-0.4, -0.2) is 4.98 Å². The smallest absolute Gasteiger partial charge is 0.106 e. The first-order valence-electron chi connectivity index (χ1n) is 4.63. The first-order chi connectivity index (χ1) is 7.34. The molecule has 2 aromatic rings. The summed E-state index contributed by atoms with van der Waals surface area (Å²) in [6.07, 6.45) is 1.82. The van der Waals surface area contributed by atoms with Gasteiger partial charge in [-0.05, 0) is 45.8 Å². The lowest BCUT2D eigenvalue weighted by Crippen LogP contribution is -1.82. The predicted molar refractivity (Wildman–Crippen MR) is 67.9 cm³/mol. The summed E-state index contributed by atoms with van der Waals surface area (Å²) in [5.74, 6) is 0.977. The standard InChI is InChI=1S/C12H10BrNS/c13-12-8-10(6-7-14-12)9-15-11-4-2-1-3-5-11/h1-8H,9H2. The quantitative estimate of drug-likeness (QED) is 0.619. The Morgan fingerprint density at radius 2 is 1.93 bits per heavy atom. The molecule has 0 N–H and O–H groups in total. The minimum absolute atomic E-state index is 0.897. The van der Waals surface area contributed by atoms with Crippen molar-refractivity contribution >= 4 is 27.7 Å². The normalized spacial score (nSPS) is 10.2. The SMILES string of the molecule is Brc1cc(CSc2ccccc2)ccn1. The first-order valence-corrected chi connectivity index (χ1v) is 6.41. The Kier molecular flexibility index (Phi) is 3.80. The van der Waals surface area contributed by atoms with Gasteiger partial charge in [-0.1, -0.05) is 18.2 Å². The number of thioether (sulfide) groups is 1. The van der Waals surface area contributed by atoms with Gasteiger partial charge in [-0.25, -0.2) is 4.98 Å². The molecule has 2 rings (SSSR count). The number of benzene rings is 1. The van der Waals surface area contributed by atoms with Gasteiger partial charge in [-0.15, -0.1) is 11.8 Å². The molecule has 1 aromatic heterocycles. The summed E-state index contributed by atoms with van der Waals surface area (Å²) in [5, 5.41) is 0. The van der Waals surface area contributed by atoms with E-state index in [0.717, 1.165) is 10.4 Å². The maximum Gasteiger partial charge on any atom is 0.106 e. The van der Waals surface area contributed by atoms with E-state index in [4.69, 9.17) is 0 Å². The molecule has 1 aromatic carbocycles. The van der Waals surface area contributed by atoms with E-state index in [1.54, 1.807) is 0 Å². The van der Waals surface area contributed by atoms with Crippen LogP contribution >= 0.6 is 27.7 Å². The Balaban J connectivity index is 1.99. The predicted octanol–water partition coefficient (Wildman–Crippen LogP) is 4.14. The summed E-state index contributed by atoms with van der Waals surface area (Å²) < 4.78 is 0.897. The number of halogens is 1. The van der Waals surface area contributed by atoms with Gasteiger partial charge >= 0.3 is 0 Å². The summed E-state index contributed by atoms with van der Waals surface area (Å²) in [6, 6.07) is 14.5. The number of hydrogen-bond donors (Lipinski definition) is 0. The molecule has 0 saturated carbocycles.